The normalized spacial score (nSPS) is 18.5. The molecule has 0 bridgehead atoms. The molecule has 0 spiro atoms. The minimum absolute atomic E-state index is 0.0290. The van der Waals surface area contributed by atoms with Gasteiger partial charge in [0.15, 0.2) is 0 Å². The van der Waals surface area contributed by atoms with Gasteiger partial charge in [-0.05, 0) is 72.4 Å². The average Bonchev–Trinajstić information content (AvgIpc) is 2.85. The number of amides is 1. The average molecular weight is 494 g/mol. The number of rotatable bonds is 10. The molecule has 0 aliphatic heterocycles. The first-order valence-corrected chi connectivity index (χ1v) is 13.3. The molecule has 3 rings (SSSR count). The van der Waals surface area contributed by atoms with Crippen LogP contribution in [0, 0.1) is 25.7 Å². The highest BCUT2D eigenvalue weighted by molar-refractivity contribution is 5.74. The Hall–Kier alpha value is -3.02. The summed E-state index contributed by atoms with van der Waals surface area (Å²) in [6, 6.07) is 10.0. The van der Waals surface area contributed by atoms with Crippen molar-refractivity contribution in [1.29, 1.82) is 0 Å². The first-order chi connectivity index (χ1) is 17.1. The topological polar surface area (TPSA) is 95.7 Å². The van der Waals surface area contributed by atoms with Gasteiger partial charge in [0.05, 0.1) is 17.8 Å². The first-order valence-electron chi connectivity index (χ1n) is 13.3. The number of aliphatic carboxylic acids is 1. The largest absolute Gasteiger partial charge is 0.481 e. The van der Waals surface area contributed by atoms with Crippen LogP contribution in [0.25, 0.3) is 0 Å². The summed E-state index contributed by atoms with van der Waals surface area (Å²) in [6.45, 7) is 9.25. The van der Waals surface area contributed by atoms with Gasteiger partial charge < -0.3 is 21.1 Å². The molecule has 1 amide bonds. The number of carbonyl (C=O) groups is 2. The summed E-state index contributed by atoms with van der Waals surface area (Å²) >= 11 is 0. The van der Waals surface area contributed by atoms with E-state index in [1.807, 2.05) is 43.1 Å². The van der Waals surface area contributed by atoms with Gasteiger partial charge in [-0.3, -0.25) is 9.59 Å². The molecular formula is C30H43N3O3. The number of carboxylic acids is 1. The smallest absolute Gasteiger partial charge is 0.304 e. The highest BCUT2D eigenvalue weighted by atomic mass is 16.4. The molecule has 6 nitrogen and oxygen atoms in total. The maximum absolute atomic E-state index is 12.6. The van der Waals surface area contributed by atoms with E-state index in [4.69, 9.17) is 5.73 Å². The zero-order valence-electron chi connectivity index (χ0n) is 22.6. The molecule has 0 radical (unpaired) electrons. The van der Waals surface area contributed by atoms with Crippen molar-refractivity contribution in [3.05, 3.63) is 58.1 Å². The molecule has 1 unspecified atom stereocenters. The number of nitrogens with one attached hydrogen (secondary N) is 1. The number of carboxylic acid groups (broad SMARTS) is 1. The maximum atomic E-state index is 12.6. The number of hydrogen-bond acceptors (Lipinski definition) is 4. The summed E-state index contributed by atoms with van der Waals surface area (Å²) in [5.74, 6) is 0.287. The Morgan fingerprint density at radius 3 is 2.36 bits per heavy atom. The predicted octanol–water partition coefficient (Wildman–Crippen LogP) is 6.10. The van der Waals surface area contributed by atoms with E-state index in [0.717, 1.165) is 46.0 Å². The van der Waals surface area contributed by atoms with Crippen LogP contribution in [0.5, 0.6) is 0 Å². The lowest BCUT2D eigenvalue weighted by Gasteiger charge is -2.32. The van der Waals surface area contributed by atoms with Crippen LogP contribution >= 0.6 is 0 Å². The molecule has 1 fully saturated rings. The fourth-order valence-electron chi connectivity index (χ4n) is 5.65. The van der Waals surface area contributed by atoms with Crippen molar-refractivity contribution < 1.29 is 14.7 Å². The Morgan fingerprint density at radius 2 is 1.78 bits per heavy atom. The van der Waals surface area contributed by atoms with Crippen molar-refractivity contribution in [2.24, 2.45) is 11.8 Å². The van der Waals surface area contributed by atoms with Crippen LogP contribution in [-0.2, 0) is 16.1 Å². The number of anilines is 2. The summed E-state index contributed by atoms with van der Waals surface area (Å²) in [5, 5.41) is 12.8. The van der Waals surface area contributed by atoms with Crippen LogP contribution in [0.15, 0.2) is 30.3 Å². The zero-order valence-corrected chi connectivity index (χ0v) is 22.6. The quantitative estimate of drug-likeness (QED) is 0.348. The molecule has 0 saturated heterocycles. The van der Waals surface area contributed by atoms with Crippen LogP contribution in [0.2, 0.25) is 0 Å². The molecule has 6 heteroatoms. The van der Waals surface area contributed by atoms with Gasteiger partial charge in [0, 0.05) is 33.0 Å². The molecule has 2 aromatic rings. The van der Waals surface area contributed by atoms with Crippen molar-refractivity contribution in [1.82, 2.24) is 4.90 Å². The van der Waals surface area contributed by atoms with Crippen LogP contribution in [-0.4, -0.2) is 35.5 Å². The summed E-state index contributed by atoms with van der Waals surface area (Å²) in [5.41, 5.74) is 12.7. The summed E-state index contributed by atoms with van der Waals surface area (Å²) in [4.78, 5) is 26.4. The number of hydrogen-bond donors (Lipinski definition) is 3. The van der Waals surface area contributed by atoms with Crippen molar-refractivity contribution >= 4 is 23.3 Å². The second-order valence-electron chi connectivity index (χ2n) is 10.5. The lowest BCUT2D eigenvalue weighted by molar-refractivity contribution is -0.137. The Balaban J connectivity index is 1.89. The van der Waals surface area contributed by atoms with Gasteiger partial charge in [-0.2, -0.15) is 0 Å². The fourth-order valence-corrected chi connectivity index (χ4v) is 5.65. The van der Waals surface area contributed by atoms with Crippen molar-refractivity contribution in [2.75, 3.05) is 24.6 Å². The fraction of sp³-hybridized carbons (Fsp3) is 0.533. The molecule has 36 heavy (non-hydrogen) atoms. The third-order valence-electron chi connectivity index (χ3n) is 8.18. The molecule has 1 atom stereocenters. The van der Waals surface area contributed by atoms with Crippen molar-refractivity contribution in [3.63, 3.8) is 0 Å². The molecule has 4 N–H and O–H groups in total. The van der Waals surface area contributed by atoms with E-state index < -0.39 is 5.97 Å². The zero-order chi connectivity index (χ0) is 26.4. The third kappa shape index (κ3) is 6.59. The van der Waals surface area contributed by atoms with Gasteiger partial charge in [-0.1, -0.05) is 50.5 Å². The number of aryl methyl sites for hydroxylation is 1. The van der Waals surface area contributed by atoms with E-state index >= 15 is 0 Å². The van der Waals surface area contributed by atoms with Gasteiger partial charge in [-0.25, -0.2) is 0 Å². The molecular weight excluding hydrogens is 450 g/mol. The van der Waals surface area contributed by atoms with Gasteiger partial charge in [-0.15, -0.1) is 0 Å². The number of nitrogen functional groups attached to an aromatic ring is 1. The van der Waals surface area contributed by atoms with Crippen LogP contribution in [0.4, 0.5) is 11.4 Å². The molecule has 1 aliphatic carbocycles. The lowest BCUT2D eigenvalue weighted by atomic mass is 9.80. The molecule has 196 valence electrons. The van der Waals surface area contributed by atoms with E-state index in [1.165, 1.54) is 32.1 Å². The highest BCUT2D eigenvalue weighted by Crippen LogP contribution is 2.37. The summed E-state index contributed by atoms with van der Waals surface area (Å²) in [7, 11) is 1.82. The molecule has 1 aliphatic rings. The first kappa shape index (κ1) is 27.6. The Kier molecular flexibility index (Phi) is 9.41. The van der Waals surface area contributed by atoms with Gasteiger partial charge in [0.2, 0.25) is 5.91 Å². The van der Waals surface area contributed by atoms with Crippen LogP contribution in [0.1, 0.15) is 86.1 Å². The van der Waals surface area contributed by atoms with Crippen molar-refractivity contribution in [2.45, 2.75) is 78.7 Å². The van der Waals surface area contributed by atoms with Gasteiger partial charge in [0.25, 0.3) is 0 Å². The Labute approximate surface area is 216 Å². The van der Waals surface area contributed by atoms with E-state index in [2.05, 4.69) is 25.2 Å². The number of carbonyl (C=O) groups excluding carboxylic acids is 1. The maximum Gasteiger partial charge on any atom is 0.304 e. The van der Waals surface area contributed by atoms with E-state index in [0.29, 0.717) is 18.2 Å². The van der Waals surface area contributed by atoms with Gasteiger partial charge >= 0.3 is 5.97 Å². The second-order valence-corrected chi connectivity index (χ2v) is 10.5. The molecule has 1 saturated carbocycles. The van der Waals surface area contributed by atoms with E-state index in [9.17, 15) is 14.7 Å². The van der Waals surface area contributed by atoms with Gasteiger partial charge in [0.1, 0.15) is 0 Å². The molecule has 2 aromatic carbocycles. The Bertz CT molecular complexity index is 1070. The molecule has 0 heterocycles. The second kappa shape index (κ2) is 12.3. The van der Waals surface area contributed by atoms with Crippen LogP contribution < -0.4 is 11.1 Å². The SMILES string of the molecule is CCC1CCC(CN(Cc2cc(C(CC(=O)O)c3ccc(NC)c(N)c3C)ccc2C)C(C)=O)CC1. The highest BCUT2D eigenvalue weighted by Gasteiger charge is 2.25. The summed E-state index contributed by atoms with van der Waals surface area (Å²) in [6.07, 6.45) is 6.10. The number of benzene rings is 2. The van der Waals surface area contributed by atoms with Crippen LogP contribution in [0.3, 0.4) is 0 Å². The van der Waals surface area contributed by atoms with E-state index in [1.54, 1.807) is 6.92 Å². The third-order valence-corrected chi connectivity index (χ3v) is 8.18. The number of nitrogens with zero attached hydrogens (tertiary/aromatic N) is 1. The number of nitrogens with two attached hydrogens (primary N) is 1. The lowest BCUT2D eigenvalue weighted by Crippen LogP contribution is -2.35. The molecule has 0 aromatic heterocycles. The van der Waals surface area contributed by atoms with Crippen molar-refractivity contribution in [3.8, 4) is 0 Å². The predicted molar refractivity (Wildman–Crippen MR) is 147 cm³/mol. The Morgan fingerprint density at radius 1 is 1.11 bits per heavy atom. The monoisotopic (exact) mass is 493 g/mol. The minimum atomic E-state index is -0.856. The standard InChI is InChI=1S/C30H43N3O3/c1-6-22-8-10-23(11-9-22)17-33(21(4)34)18-25-15-24(12-7-19(25)2)27(16-29(35)36)26-13-14-28(32-5)30(31)20(26)3/h7,12-15,22-23,27,32H,6,8-11,16-18,31H2,1-5H3,(H,35,36). The van der Waals surface area contributed by atoms with E-state index in [-0.39, 0.29) is 18.2 Å². The minimum Gasteiger partial charge on any atom is -0.481 e. The summed E-state index contributed by atoms with van der Waals surface area (Å²) < 4.78 is 0.